The van der Waals surface area contributed by atoms with Crippen LogP contribution in [-0.4, -0.2) is 35.7 Å². The highest BCUT2D eigenvalue weighted by molar-refractivity contribution is 6.54. The summed E-state index contributed by atoms with van der Waals surface area (Å²) in [6.07, 6.45) is 0.140. The van der Waals surface area contributed by atoms with Crippen molar-refractivity contribution in [3.8, 4) is 0 Å². The standard InChI is InChI=1S/C22H18O6/c1-21(13-23,17(25)15-9-5-3-6-10-15)19(27)20(28)22(2,14-24)18(26)16-11-7-4-8-12-16/h3-14H,1-2H3. The number of rotatable bonds is 9. The fraction of sp³-hybridized carbons (Fsp3) is 0.182. The summed E-state index contributed by atoms with van der Waals surface area (Å²) >= 11 is 0. The molecule has 0 amide bonds. The molecule has 0 spiro atoms. The zero-order valence-electron chi connectivity index (χ0n) is 15.4. The van der Waals surface area contributed by atoms with Gasteiger partial charge in [0.2, 0.25) is 11.6 Å². The lowest BCUT2D eigenvalue weighted by Crippen LogP contribution is -2.50. The van der Waals surface area contributed by atoms with Gasteiger partial charge in [0.15, 0.2) is 22.4 Å². The average Bonchev–Trinajstić information content (AvgIpc) is 2.76. The van der Waals surface area contributed by atoms with Crippen molar-refractivity contribution in [1.82, 2.24) is 0 Å². The Labute approximate surface area is 161 Å². The van der Waals surface area contributed by atoms with Gasteiger partial charge >= 0.3 is 0 Å². The van der Waals surface area contributed by atoms with Crippen molar-refractivity contribution >= 4 is 35.7 Å². The molecule has 0 N–H and O–H groups in total. The summed E-state index contributed by atoms with van der Waals surface area (Å²) in [4.78, 5) is 74.5. The molecule has 2 unspecified atom stereocenters. The van der Waals surface area contributed by atoms with Crippen LogP contribution in [0.3, 0.4) is 0 Å². The molecular weight excluding hydrogens is 360 g/mol. The molecule has 2 rings (SSSR count). The van der Waals surface area contributed by atoms with E-state index in [9.17, 15) is 28.8 Å². The van der Waals surface area contributed by atoms with E-state index in [1.165, 1.54) is 24.3 Å². The molecule has 2 aromatic rings. The van der Waals surface area contributed by atoms with Gasteiger partial charge in [0, 0.05) is 11.1 Å². The molecular formula is C22H18O6. The van der Waals surface area contributed by atoms with Crippen molar-refractivity contribution in [1.29, 1.82) is 0 Å². The van der Waals surface area contributed by atoms with Crippen molar-refractivity contribution in [2.75, 3.05) is 0 Å². The fourth-order valence-corrected chi connectivity index (χ4v) is 2.67. The average molecular weight is 378 g/mol. The lowest BCUT2D eigenvalue weighted by Gasteiger charge is -2.25. The Hall–Kier alpha value is -3.54. The fourth-order valence-electron chi connectivity index (χ4n) is 2.67. The van der Waals surface area contributed by atoms with Crippen LogP contribution >= 0.6 is 0 Å². The van der Waals surface area contributed by atoms with Gasteiger partial charge in [0.05, 0.1) is 0 Å². The van der Waals surface area contributed by atoms with Gasteiger partial charge < -0.3 is 9.59 Å². The van der Waals surface area contributed by atoms with Crippen LogP contribution in [0.25, 0.3) is 0 Å². The van der Waals surface area contributed by atoms with E-state index in [0.29, 0.717) is 0 Å². The van der Waals surface area contributed by atoms with Crippen LogP contribution in [0.1, 0.15) is 34.6 Å². The summed E-state index contributed by atoms with van der Waals surface area (Å²) in [5.74, 6) is -4.59. The Morgan fingerprint density at radius 2 is 0.893 bits per heavy atom. The smallest absolute Gasteiger partial charge is 0.220 e. The van der Waals surface area contributed by atoms with Gasteiger partial charge in [-0.15, -0.1) is 0 Å². The number of carbonyl (C=O) groups is 6. The second kappa shape index (κ2) is 8.00. The molecule has 0 aliphatic carbocycles. The first-order valence-corrected chi connectivity index (χ1v) is 8.44. The van der Waals surface area contributed by atoms with Crippen molar-refractivity contribution in [2.24, 2.45) is 10.8 Å². The molecule has 0 aromatic heterocycles. The molecule has 2 aromatic carbocycles. The molecule has 0 heterocycles. The SMILES string of the molecule is CC(C=O)(C(=O)C(=O)C(C)(C=O)C(=O)c1ccccc1)C(=O)c1ccccc1. The van der Waals surface area contributed by atoms with E-state index in [-0.39, 0.29) is 23.7 Å². The van der Waals surface area contributed by atoms with E-state index in [1.54, 1.807) is 36.4 Å². The molecule has 0 radical (unpaired) electrons. The van der Waals surface area contributed by atoms with Gasteiger partial charge in [-0.2, -0.15) is 0 Å². The number of carbonyl (C=O) groups excluding carboxylic acids is 6. The normalized spacial score (nSPS) is 14.8. The summed E-state index contributed by atoms with van der Waals surface area (Å²) in [5.41, 5.74) is -4.58. The lowest BCUT2D eigenvalue weighted by atomic mass is 9.70. The lowest BCUT2D eigenvalue weighted by molar-refractivity contribution is -0.147. The minimum Gasteiger partial charge on any atom is -0.302 e. The van der Waals surface area contributed by atoms with E-state index in [4.69, 9.17) is 0 Å². The third-order valence-electron chi connectivity index (χ3n) is 4.64. The quantitative estimate of drug-likeness (QED) is 0.287. The van der Waals surface area contributed by atoms with Crippen molar-refractivity contribution in [3.63, 3.8) is 0 Å². The predicted octanol–water partition coefficient (Wildman–Crippen LogP) is 2.30. The van der Waals surface area contributed by atoms with E-state index >= 15 is 0 Å². The molecule has 0 saturated carbocycles. The second-order valence-corrected chi connectivity index (χ2v) is 6.69. The van der Waals surface area contributed by atoms with Crippen LogP contribution in [-0.2, 0) is 19.2 Å². The molecule has 6 heteroatoms. The monoisotopic (exact) mass is 378 g/mol. The van der Waals surface area contributed by atoms with Crippen LogP contribution in [0.15, 0.2) is 60.7 Å². The first-order chi connectivity index (χ1) is 13.2. The Balaban J connectivity index is 2.45. The topological polar surface area (TPSA) is 102 Å². The third kappa shape index (κ3) is 3.49. The van der Waals surface area contributed by atoms with Gasteiger partial charge in [-0.05, 0) is 13.8 Å². The third-order valence-corrected chi connectivity index (χ3v) is 4.64. The Bertz CT molecular complexity index is 868. The number of hydrogen-bond donors (Lipinski definition) is 0. The Morgan fingerprint density at radius 1 is 0.607 bits per heavy atom. The van der Waals surface area contributed by atoms with Gasteiger partial charge in [-0.3, -0.25) is 19.2 Å². The molecule has 6 nitrogen and oxygen atoms in total. The summed E-state index contributed by atoms with van der Waals surface area (Å²) < 4.78 is 0. The van der Waals surface area contributed by atoms with Crippen molar-refractivity contribution in [2.45, 2.75) is 13.8 Å². The first kappa shape index (κ1) is 20.8. The number of hydrogen-bond acceptors (Lipinski definition) is 6. The molecule has 0 fully saturated rings. The van der Waals surface area contributed by atoms with E-state index in [1.807, 2.05) is 0 Å². The number of aldehydes is 2. The Morgan fingerprint density at radius 3 is 1.14 bits per heavy atom. The van der Waals surface area contributed by atoms with Crippen molar-refractivity contribution in [3.05, 3.63) is 71.8 Å². The second-order valence-electron chi connectivity index (χ2n) is 6.69. The van der Waals surface area contributed by atoms with Crippen LogP contribution in [0.5, 0.6) is 0 Å². The molecule has 0 aliphatic rings. The number of benzene rings is 2. The highest BCUT2D eigenvalue weighted by Gasteiger charge is 2.52. The summed E-state index contributed by atoms with van der Waals surface area (Å²) in [6, 6.07) is 15.0. The molecule has 0 bridgehead atoms. The van der Waals surface area contributed by atoms with Crippen molar-refractivity contribution < 1.29 is 28.8 Å². The summed E-state index contributed by atoms with van der Waals surface area (Å²) in [5, 5.41) is 0. The van der Waals surface area contributed by atoms with Crippen LogP contribution < -0.4 is 0 Å². The van der Waals surface area contributed by atoms with Crippen LogP contribution in [0.2, 0.25) is 0 Å². The molecule has 142 valence electrons. The van der Waals surface area contributed by atoms with E-state index < -0.39 is 34.0 Å². The maximum absolute atomic E-state index is 12.8. The first-order valence-electron chi connectivity index (χ1n) is 8.44. The van der Waals surface area contributed by atoms with Crippen LogP contribution in [0, 0.1) is 10.8 Å². The maximum atomic E-state index is 12.8. The summed E-state index contributed by atoms with van der Waals surface area (Å²) in [6.45, 7) is 2.02. The van der Waals surface area contributed by atoms with Gasteiger partial charge in [0.25, 0.3) is 0 Å². The van der Waals surface area contributed by atoms with Gasteiger partial charge in [-0.1, -0.05) is 60.7 Å². The number of Topliss-reactive ketones (excluding diaryl/α,β-unsaturated/α-hetero) is 4. The largest absolute Gasteiger partial charge is 0.302 e. The zero-order valence-corrected chi connectivity index (χ0v) is 15.4. The Kier molecular flexibility index (Phi) is 5.93. The van der Waals surface area contributed by atoms with Crippen LogP contribution in [0.4, 0.5) is 0 Å². The van der Waals surface area contributed by atoms with E-state index in [0.717, 1.165) is 13.8 Å². The summed E-state index contributed by atoms with van der Waals surface area (Å²) in [7, 11) is 0. The minimum atomic E-state index is -2.35. The number of ketones is 4. The predicted molar refractivity (Wildman–Crippen MR) is 99.9 cm³/mol. The van der Waals surface area contributed by atoms with Gasteiger partial charge in [-0.25, -0.2) is 0 Å². The molecule has 28 heavy (non-hydrogen) atoms. The maximum Gasteiger partial charge on any atom is 0.220 e. The molecule has 0 saturated heterocycles. The highest BCUT2D eigenvalue weighted by Crippen LogP contribution is 2.29. The zero-order chi connectivity index (χ0) is 20.9. The van der Waals surface area contributed by atoms with E-state index in [2.05, 4.69) is 0 Å². The minimum absolute atomic E-state index is 0.0560. The molecule has 0 aliphatic heterocycles. The van der Waals surface area contributed by atoms with Gasteiger partial charge in [0.1, 0.15) is 12.6 Å². The molecule has 2 atom stereocenters. The highest BCUT2D eigenvalue weighted by atomic mass is 16.2.